The van der Waals surface area contributed by atoms with E-state index >= 15 is 0 Å². The van der Waals surface area contributed by atoms with Crippen molar-refractivity contribution in [3.05, 3.63) is 11.8 Å². The lowest BCUT2D eigenvalue weighted by molar-refractivity contribution is 0.273. The minimum absolute atomic E-state index is 0. The third-order valence-electron chi connectivity index (χ3n) is 2.53. The number of hydrogen-bond acceptors (Lipinski definition) is 1. The van der Waals surface area contributed by atoms with Gasteiger partial charge in [0.05, 0.1) is 0 Å². The molecule has 0 aromatic rings. The second kappa shape index (κ2) is 3.80. The topological polar surface area (TPSA) is 3.24 Å². The second-order valence-electron chi connectivity index (χ2n) is 3.28. The lowest BCUT2D eigenvalue weighted by Gasteiger charge is -2.34. The fraction of sp³-hybridized carbons (Fsp3) is 0.800. The van der Waals surface area contributed by atoms with Gasteiger partial charge in [-0.3, -0.25) is 0 Å². The van der Waals surface area contributed by atoms with Crippen molar-refractivity contribution >= 4 is 0 Å². The van der Waals surface area contributed by atoms with E-state index in [0.717, 1.165) is 0 Å². The minimum Gasteiger partial charge on any atom is -0.375 e. The molecule has 1 saturated heterocycles. The summed E-state index contributed by atoms with van der Waals surface area (Å²) in [6.45, 7) is 2.65. The third kappa shape index (κ3) is 1.76. The van der Waals surface area contributed by atoms with E-state index < -0.39 is 0 Å². The van der Waals surface area contributed by atoms with E-state index in [4.69, 9.17) is 0 Å². The van der Waals surface area contributed by atoms with Crippen molar-refractivity contribution in [1.29, 1.82) is 0 Å². The van der Waals surface area contributed by atoms with Gasteiger partial charge >= 0.3 is 0 Å². The minimum atomic E-state index is 0. The first-order valence-electron chi connectivity index (χ1n) is 4.41. The molecule has 0 radical (unpaired) electrons. The quantitative estimate of drug-likeness (QED) is 0.517. The number of hydrogen-bond donors (Lipinski definition) is 0. The molecule has 0 aromatic heterocycles. The van der Waals surface area contributed by atoms with Crippen LogP contribution in [0.2, 0.25) is 0 Å². The summed E-state index contributed by atoms with van der Waals surface area (Å²) in [7, 11) is 0. The Balaban J connectivity index is 0.000000605. The fourth-order valence-electron chi connectivity index (χ4n) is 1.95. The Hall–Kier alpha value is -0.460. The highest BCUT2D eigenvalue weighted by Crippen LogP contribution is 2.24. The molecule has 0 atom stereocenters. The van der Waals surface area contributed by atoms with Crippen molar-refractivity contribution < 1.29 is 0 Å². The van der Waals surface area contributed by atoms with Crippen LogP contribution in [0.3, 0.4) is 0 Å². The maximum absolute atomic E-state index is 2.56. The molecule has 0 saturated carbocycles. The molecule has 64 valence electrons. The molecule has 0 aliphatic carbocycles. The summed E-state index contributed by atoms with van der Waals surface area (Å²) in [6, 6.07) is 0. The number of allylic oxidation sites excluding steroid dienone is 2. The zero-order valence-corrected chi connectivity index (χ0v) is 6.47. The van der Waals surface area contributed by atoms with Gasteiger partial charge in [0.1, 0.15) is 0 Å². The monoisotopic (exact) mass is 153 g/mol. The Morgan fingerprint density at radius 3 is 2.73 bits per heavy atom. The van der Waals surface area contributed by atoms with Crippen LogP contribution in [-0.2, 0) is 0 Å². The molecular weight excluding hydrogens is 134 g/mol. The average Bonchev–Trinajstić information content (AvgIpc) is 2.05. The maximum atomic E-state index is 2.56. The number of rotatable bonds is 0. The normalized spacial score (nSPS) is 23.3. The zero-order chi connectivity index (χ0) is 6.81. The largest absolute Gasteiger partial charge is 0.375 e. The smallest absolute Gasteiger partial charge is 0.0177 e. The molecule has 0 spiro atoms. The molecule has 2 aliphatic heterocycles. The van der Waals surface area contributed by atoms with Gasteiger partial charge in [-0.05, 0) is 32.1 Å². The fourth-order valence-corrected chi connectivity index (χ4v) is 1.95. The highest BCUT2D eigenvalue weighted by molar-refractivity contribution is 5.06. The second-order valence-corrected chi connectivity index (χ2v) is 3.28. The van der Waals surface area contributed by atoms with E-state index in [0.29, 0.717) is 0 Å². The maximum Gasteiger partial charge on any atom is 0.0177 e. The molecule has 0 aromatic carbocycles. The van der Waals surface area contributed by atoms with Gasteiger partial charge in [-0.15, -0.1) is 0 Å². The first kappa shape index (κ1) is 8.63. The van der Waals surface area contributed by atoms with Gasteiger partial charge in [0.2, 0.25) is 0 Å². The summed E-state index contributed by atoms with van der Waals surface area (Å²) in [5, 5.41) is 0. The van der Waals surface area contributed by atoms with Gasteiger partial charge in [-0.25, -0.2) is 0 Å². The summed E-state index contributed by atoms with van der Waals surface area (Å²) in [4.78, 5) is 2.56. The first-order chi connectivity index (χ1) is 4.97. The number of fused-ring (bicyclic) bond motifs is 1. The molecule has 0 bridgehead atoms. The number of piperidine rings is 1. The van der Waals surface area contributed by atoms with E-state index in [9.17, 15) is 0 Å². The van der Waals surface area contributed by atoms with Crippen LogP contribution in [0.1, 0.15) is 39.5 Å². The Labute approximate surface area is 70.1 Å². The van der Waals surface area contributed by atoms with E-state index in [-0.39, 0.29) is 7.43 Å². The van der Waals surface area contributed by atoms with Gasteiger partial charge in [-0.1, -0.05) is 13.5 Å². The van der Waals surface area contributed by atoms with Gasteiger partial charge in [0.25, 0.3) is 0 Å². The standard InChI is InChI=1S/C9H15N.CH4/c1-3-7-10-8-4-2-6-9(10)5-1;/h5H,1-4,6-8H2;1H4. The van der Waals surface area contributed by atoms with Gasteiger partial charge in [0.15, 0.2) is 0 Å². The highest BCUT2D eigenvalue weighted by Gasteiger charge is 2.16. The van der Waals surface area contributed by atoms with Crippen LogP contribution in [0.25, 0.3) is 0 Å². The van der Waals surface area contributed by atoms with Crippen molar-refractivity contribution in [2.45, 2.75) is 39.5 Å². The van der Waals surface area contributed by atoms with Gasteiger partial charge < -0.3 is 4.90 Å². The van der Waals surface area contributed by atoms with Crippen LogP contribution >= 0.6 is 0 Å². The predicted octanol–water partition coefficient (Wildman–Crippen LogP) is 2.79. The van der Waals surface area contributed by atoms with Crippen molar-refractivity contribution in [2.75, 3.05) is 13.1 Å². The Morgan fingerprint density at radius 2 is 1.91 bits per heavy atom. The lowest BCUT2D eigenvalue weighted by atomic mass is 10.0. The molecule has 2 rings (SSSR count). The van der Waals surface area contributed by atoms with Crippen LogP contribution in [0.15, 0.2) is 11.8 Å². The summed E-state index contributed by atoms with van der Waals surface area (Å²) >= 11 is 0. The number of nitrogens with zero attached hydrogens (tertiary/aromatic N) is 1. The van der Waals surface area contributed by atoms with Crippen molar-refractivity contribution in [2.24, 2.45) is 0 Å². The SMILES string of the molecule is C.C1=C2CCCCN2CCC1. The van der Waals surface area contributed by atoms with E-state index in [1.54, 1.807) is 5.70 Å². The summed E-state index contributed by atoms with van der Waals surface area (Å²) in [6.07, 6.45) is 9.32. The van der Waals surface area contributed by atoms with Crippen molar-refractivity contribution in [3.63, 3.8) is 0 Å². The van der Waals surface area contributed by atoms with Crippen LogP contribution in [0.5, 0.6) is 0 Å². The van der Waals surface area contributed by atoms with Crippen LogP contribution < -0.4 is 0 Å². The third-order valence-corrected chi connectivity index (χ3v) is 2.53. The van der Waals surface area contributed by atoms with Crippen molar-refractivity contribution in [3.8, 4) is 0 Å². The predicted molar refractivity (Wildman–Crippen MR) is 49.5 cm³/mol. The molecule has 2 heterocycles. The highest BCUT2D eigenvalue weighted by atomic mass is 15.1. The van der Waals surface area contributed by atoms with Gasteiger partial charge in [0, 0.05) is 18.8 Å². The van der Waals surface area contributed by atoms with Crippen LogP contribution in [0.4, 0.5) is 0 Å². The Bertz CT molecular complexity index is 149. The Kier molecular flexibility index (Phi) is 2.98. The van der Waals surface area contributed by atoms with E-state index in [1.807, 2.05) is 0 Å². The Morgan fingerprint density at radius 1 is 1.09 bits per heavy atom. The van der Waals surface area contributed by atoms with E-state index in [2.05, 4.69) is 11.0 Å². The summed E-state index contributed by atoms with van der Waals surface area (Å²) in [5.41, 5.74) is 1.64. The molecule has 0 amide bonds. The molecule has 1 heteroatoms. The van der Waals surface area contributed by atoms with E-state index in [1.165, 1.54) is 45.2 Å². The zero-order valence-electron chi connectivity index (χ0n) is 6.47. The molecule has 11 heavy (non-hydrogen) atoms. The van der Waals surface area contributed by atoms with Crippen LogP contribution in [-0.4, -0.2) is 18.0 Å². The summed E-state index contributed by atoms with van der Waals surface area (Å²) in [5.74, 6) is 0. The molecule has 1 fully saturated rings. The van der Waals surface area contributed by atoms with Crippen LogP contribution in [0, 0.1) is 0 Å². The molecule has 1 nitrogen and oxygen atoms in total. The first-order valence-corrected chi connectivity index (χ1v) is 4.41. The average molecular weight is 153 g/mol. The molecule has 0 N–H and O–H groups in total. The van der Waals surface area contributed by atoms with Gasteiger partial charge in [-0.2, -0.15) is 0 Å². The molecular formula is C10H19N. The summed E-state index contributed by atoms with van der Waals surface area (Å²) < 4.78 is 0. The molecule has 2 aliphatic rings. The van der Waals surface area contributed by atoms with Crippen molar-refractivity contribution in [1.82, 2.24) is 4.90 Å². The molecule has 0 unspecified atom stereocenters. The lowest BCUT2D eigenvalue weighted by Crippen LogP contribution is -2.30.